The van der Waals surface area contributed by atoms with Crippen molar-refractivity contribution in [2.45, 2.75) is 58.3 Å². The number of carboxylic acid groups (broad SMARTS) is 1. The van der Waals surface area contributed by atoms with Crippen molar-refractivity contribution in [2.24, 2.45) is 5.92 Å². The van der Waals surface area contributed by atoms with E-state index in [1.165, 1.54) is 19.3 Å². The third-order valence-electron chi connectivity index (χ3n) is 3.15. The Bertz CT molecular complexity index is 238. The highest BCUT2D eigenvalue weighted by atomic mass is 17.1. The van der Waals surface area contributed by atoms with Crippen LogP contribution in [0.3, 0.4) is 0 Å². The molecule has 18 heavy (non-hydrogen) atoms. The van der Waals surface area contributed by atoms with Gasteiger partial charge in [0.2, 0.25) is 0 Å². The van der Waals surface area contributed by atoms with E-state index in [9.17, 15) is 4.79 Å². The highest BCUT2D eigenvalue weighted by Gasteiger charge is 2.14. The van der Waals surface area contributed by atoms with Crippen molar-refractivity contribution >= 4 is 5.97 Å². The Morgan fingerprint density at radius 1 is 1.22 bits per heavy atom. The highest BCUT2D eigenvalue weighted by Crippen LogP contribution is 2.23. The Hall–Kier alpha value is -0.870. The van der Waals surface area contributed by atoms with Gasteiger partial charge in [0.15, 0.2) is 0 Å². The summed E-state index contributed by atoms with van der Waals surface area (Å²) < 4.78 is 0. The van der Waals surface area contributed by atoms with Crippen molar-refractivity contribution in [3.63, 3.8) is 0 Å². The number of carbonyl (C=O) groups is 1. The molecule has 0 aliphatic rings. The standard InChI is InChI=1S/C14H26O4/c1-3-4-5-6-8-13(9-7-10-18-17)11-12(2)14(15)16/h13,17H,2-11H2,1H3,(H,15,16). The molecule has 1 atom stereocenters. The molecule has 0 radical (unpaired) electrons. The first-order valence-electron chi connectivity index (χ1n) is 6.79. The lowest BCUT2D eigenvalue weighted by Crippen LogP contribution is -2.09. The minimum Gasteiger partial charge on any atom is -0.478 e. The molecule has 0 saturated carbocycles. The third kappa shape index (κ3) is 9.19. The Morgan fingerprint density at radius 2 is 1.89 bits per heavy atom. The Labute approximate surface area is 110 Å². The van der Waals surface area contributed by atoms with Crippen LogP contribution in [0, 0.1) is 5.92 Å². The number of hydrogen-bond donors (Lipinski definition) is 2. The number of carboxylic acids is 1. The number of hydrogen-bond acceptors (Lipinski definition) is 3. The number of aliphatic carboxylic acids is 1. The van der Waals surface area contributed by atoms with Crippen LogP contribution >= 0.6 is 0 Å². The summed E-state index contributed by atoms with van der Waals surface area (Å²) in [5, 5.41) is 17.1. The molecule has 0 rings (SSSR count). The maximum absolute atomic E-state index is 10.8. The maximum Gasteiger partial charge on any atom is 0.330 e. The second-order valence-electron chi connectivity index (χ2n) is 4.80. The molecule has 2 N–H and O–H groups in total. The molecule has 1 unspecified atom stereocenters. The molecule has 0 aliphatic heterocycles. The van der Waals surface area contributed by atoms with E-state index in [0.29, 0.717) is 18.9 Å². The van der Waals surface area contributed by atoms with Gasteiger partial charge in [0.05, 0.1) is 6.61 Å². The Morgan fingerprint density at radius 3 is 2.44 bits per heavy atom. The summed E-state index contributed by atoms with van der Waals surface area (Å²) >= 11 is 0. The van der Waals surface area contributed by atoms with E-state index in [-0.39, 0.29) is 5.57 Å². The van der Waals surface area contributed by atoms with Crippen LogP contribution in [0.1, 0.15) is 58.3 Å². The predicted octanol–water partition coefficient (Wildman–Crippen LogP) is 3.87. The zero-order valence-corrected chi connectivity index (χ0v) is 11.4. The molecule has 0 aromatic heterocycles. The molecule has 0 spiro atoms. The van der Waals surface area contributed by atoms with E-state index in [4.69, 9.17) is 10.4 Å². The topological polar surface area (TPSA) is 66.8 Å². The quantitative estimate of drug-likeness (QED) is 0.241. The fourth-order valence-electron chi connectivity index (χ4n) is 2.08. The van der Waals surface area contributed by atoms with Gasteiger partial charge in [-0.2, -0.15) is 0 Å². The molecule has 0 fully saturated rings. The zero-order chi connectivity index (χ0) is 13.8. The van der Waals surface area contributed by atoms with E-state index < -0.39 is 5.97 Å². The van der Waals surface area contributed by atoms with E-state index in [1.807, 2.05) is 0 Å². The van der Waals surface area contributed by atoms with Crippen LogP contribution in [0.5, 0.6) is 0 Å². The van der Waals surface area contributed by atoms with Gasteiger partial charge in [0.1, 0.15) is 0 Å². The molecule has 0 aromatic carbocycles. The normalized spacial score (nSPS) is 12.3. The number of rotatable bonds is 12. The second-order valence-corrected chi connectivity index (χ2v) is 4.80. The van der Waals surface area contributed by atoms with Crippen LogP contribution in [0.2, 0.25) is 0 Å². The van der Waals surface area contributed by atoms with Crippen LogP contribution in [0.4, 0.5) is 0 Å². The van der Waals surface area contributed by atoms with Crippen molar-refractivity contribution in [3.05, 3.63) is 12.2 Å². The van der Waals surface area contributed by atoms with Gasteiger partial charge < -0.3 is 5.11 Å². The van der Waals surface area contributed by atoms with Crippen LogP contribution in [0.15, 0.2) is 12.2 Å². The molecule has 0 heterocycles. The fourth-order valence-corrected chi connectivity index (χ4v) is 2.08. The summed E-state index contributed by atoms with van der Waals surface area (Å²) in [6.45, 7) is 6.07. The predicted molar refractivity (Wildman–Crippen MR) is 71.5 cm³/mol. The molecular formula is C14H26O4. The van der Waals surface area contributed by atoms with Gasteiger partial charge in [-0.1, -0.05) is 45.6 Å². The minimum absolute atomic E-state index is 0.278. The minimum atomic E-state index is -0.910. The summed E-state index contributed by atoms with van der Waals surface area (Å²) in [6, 6.07) is 0. The largest absolute Gasteiger partial charge is 0.478 e. The lowest BCUT2D eigenvalue weighted by molar-refractivity contribution is -0.243. The fraction of sp³-hybridized carbons (Fsp3) is 0.786. The van der Waals surface area contributed by atoms with Crippen LogP contribution in [-0.2, 0) is 9.68 Å². The molecule has 0 aliphatic carbocycles. The first-order valence-corrected chi connectivity index (χ1v) is 6.79. The average Bonchev–Trinajstić information content (AvgIpc) is 2.34. The molecule has 106 valence electrons. The molecule has 0 saturated heterocycles. The lowest BCUT2D eigenvalue weighted by atomic mass is 9.90. The SMILES string of the molecule is C=C(CC(CCCCCC)CCCOO)C(=O)O. The van der Waals surface area contributed by atoms with Crippen molar-refractivity contribution in [2.75, 3.05) is 6.61 Å². The smallest absolute Gasteiger partial charge is 0.330 e. The van der Waals surface area contributed by atoms with E-state index in [0.717, 1.165) is 25.7 Å². The molecular weight excluding hydrogens is 232 g/mol. The van der Waals surface area contributed by atoms with Gasteiger partial charge in [-0.15, -0.1) is 0 Å². The molecule has 0 bridgehead atoms. The van der Waals surface area contributed by atoms with Gasteiger partial charge in [-0.25, -0.2) is 9.68 Å². The molecule has 0 aromatic rings. The van der Waals surface area contributed by atoms with Crippen molar-refractivity contribution in [1.82, 2.24) is 0 Å². The van der Waals surface area contributed by atoms with E-state index in [2.05, 4.69) is 18.4 Å². The Kier molecular flexibility index (Phi) is 10.7. The summed E-state index contributed by atoms with van der Waals surface area (Å²) in [4.78, 5) is 14.8. The van der Waals surface area contributed by atoms with Crippen LogP contribution in [0.25, 0.3) is 0 Å². The van der Waals surface area contributed by atoms with E-state index >= 15 is 0 Å². The van der Waals surface area contributed by atoms with E-state index in [1.54, 1.807) is 0 Å². The van der Waals surface area contributed by atoms with Crippen molar-refractivity contribution in [1.29, 1.82) is 0 Å². The van der Waals surface area contributed by atoms with Gasteiger partial charge in [-0.3, -0.25) is 5.26 Å². The third-order valence-corrected chi connectivity index (χ3v) is 3.15. The first-order chi connectivity index (χ1) is 8.61. The van der Waals surface area contributed by atoms with Gasteiger partial charge in [-0.05, 0) is 25.2 Å². The first kappa shape index (κ1) is 17.1. The second kappa shape index (κ2) is 11.2. The summed E-state index contributed by atoms with van der Waals surface area (Å²) in [5.74, 6) is -0.576. The van der Waals surface area contributed by atoms with Gasteiger partial charge >= 0.3 is 5.97 Å². The monoisotopic (exact) mass is 258 g/mol. The molecule has 0 amide bonds. The number of unbranched alkanes of at least 4 members (excludes halogenated alkanes) is 3. The summed E-state index contributed by atoms with van der Waals surface area (Å²) in [6.07, 6.45) is 7.94. The average molecular weight is 258 g/mol. The van der Waals surface area contributed by atoms with Crippen LogP contribution in [-0.4, -0.2) is 22.9 Å². The summed E-state index contributed by atoms with van der Waals surface area (Å²) in [5.41, 5.74) is 0.278. The zero-order valence-electron chi connectivity index (χ0n) is 11.4. The summed E-state index contributed by atoms with van der Waals surface area (Å²) in [7, 11) is 0. The highest BCUT2D eigenvalue weighted by molar-refractivity contribution is 5.85. The van der Waals surface area contributed by atoms with Gasteiger partial charge in [0.25, 0.3) is 0 Å². The lowest BCUT2D eigenvalue weighted by Gasteiger charge is -2.16. The maximum atomic E-state index is 10.8. The molecule has 4 nitrogen and oxygen atoms in total. The van der Waals surface area contributed by atoms with Crippen LogP contribution < -0.4 is 0 Å². The molecule has 4 heteroatoms. The van der Waals surface area contributed by atoms with Crippen molar-refractivity contribution in [3.8, 4) is 0 Å². The Balaban J connectivity index is 3.98. The van der Waals surface area contributed by atoms with Crippen molar-refractivity contribution < 1.29 is 20.0 Å². The van der Waals surface area contributed by atoms with Gasteiger partial charge in [0, 0.05) is 5.57 Å².